The third-order valence-corrected chi connectivity index (χ3v) is 1.47. The molecule has 0 radical (unpaired) electrons. The van der Waals surface area contributed by atoms with Gasteiger partial charge in [0.25, 0.3) is 5.91 Å². The van der Waals surface area contributed by atoms with Gasteiger partial charge in [0.2, 0.25) is 5.96 Å². The summed E-state index contributed by atoms with van der Waals surface area (Å²) in [6, 6.07) is 8.30. The van der Waals surface area contributed by atoms with E-state index in [4.69, 9.17) is 16.1 Å². The average Bonchev–Trinajstić information content (AvgIpc) is 2.17. The van der Waals surface area contributed by atoms with Gasteiger partial charge in [-0.15, -0.1) is 0 Å². The quantitative estimate of drug-likeness (QED) is 0.305. The van der Waals surface area contributed by atoms with E-state index in [1.165, 1.54) is 0 Å². The largest absolute Gasteiger partial charge is 0.368 e. The Morgan fingerprint density at radius 3 is 2.47 bits per heavy atom. The molecule has 7 heteroatoms. The maximum atomic E-state index is 11.4. The number of benzene rings is 1. The first-order chi connectivity index (χ1) is 7.09. The van der Waals surface area contributed by atoms with Crippen molar-refractivity contribution < 1.29 is 15.2 Å². The van der Waals surface area contributed by atoms with Crippen molar-refractivity contribution in [1.29, 1.82) is 0 Å². The Morgan fingerprint density at radius 1 is 1.33 bits per heavy atom. The molecule has 0 bridgehead atoms. The molecule has 0 saturated heterocycles. The molecule has 0 unspecified atom stereocenters. The van der Waals surface area contributed by atoms with Gasteiger partial charge in [-0.05, 0) is 17.5 Å². The number of guanidine groups is 1. The van der Waals surface area contributed by atoms with Crippen LogP contribution in [0.25, 0.3) is 0 Å². The Bertz CT molecular complexity index is 363. The monoisotopic (exact) mass is 210 g/mol. The lowest BCUT2D eigenvalue weighted by atomic mass is 10.2. The summed E-state index contributed by atoms with van der Waals surface area (Å²) >= 11 is 0. The van der Waals surface area contributed by atoms with E-state index < -0.39 is 17.2 Å². The van der Waals surface area contributed by atoms with Gasteiger partial charge in [-0.1, -0.05) is 23.3 Å². The lowest BCUT2D eigenvalue weighted by Crippen LogP contribution is -2.38. The summed E-state index contributed by atoms with van der Waals surface area (Å²) < 4.78 is 0. The van der Waals surface area contributed by atoms with Crippen LogP contribution in [0.3, 0.4) is 0 Å². The van der Waals surface area contributed by atoms with Crippen LogP contribution in [0.1, 0.15) is 10.4 Å². The number of hydrogen-bond acceptors (Lipinski definition) is 5. The van der Waals surface area contributed by atoms with E-state index in [2.05, 4.69) is 10.4 Å². The molecule has 0 aliphatic carbocycles. The van der Waals surface area contributed by atoms with Crippen LogP contribution in [-0.4, -0.2) is 27.6 Å². The number of rotatable bonds is 2. The minimum absolute atomic E-state index is 0.387. The predicted molar refractivity (Wildman–Crippen MR) is 50.9 cm³/mol. The smallest absolute Gasteiger partial charge is 0.257 e. The van der Waals surface area contributed by atoms with E-state index in [0.29, 0.717) is 5.56 Å². The number of nitrogens with two attached hydrogens (primary N) is 1. The summed E-state index contributed by atoms with van der Waals surface area (Å²) in [6.45, 7) is 0. The zero-order chi connectivity index (χ0) is 11.3. The van der Waals surface area contributed by atoms with Gasteiger partial charge < -0.3 is 5.73 Å². The van der Waals surface area contributed by atoms with Gasteiger partial charge in [-0.2, -0.15) is 0 Å². The first-order valence-corrected chi connectivity index (χ1v) is 3.98. The molecule has 0 fully saturated rings. The summed E-state index contributed by atoms with van der Waals surface area (Å²) in [6.07, 6.45) is 0. The number of hydrazone groups is 1. The Morgan fingerprint density at radius 2 is 1.93 bits per heavy atom. The summed E-state index contributed by atoms with van der Waals surface area (Å²) in [5.74, 6) is -0.910. The fourth-order valence-electron chi connectivity index (χ4n) is 0.899. The SMILES string of the molecule is NC(=NN(O)O)NC(=O)c1ccccc1. The second kappa shape index (κ2) is 4.94. The summed E-state index contributed by atoms with van der Waals surface area (Å²) in [5.41, 5.74) is 5.56. The minimum Gasteiger partial charge on any atom is -0.368 e. The highest BCUT2D eigenvalue weighted by molar-refractivity contribution is 6.05. The van der Waals surface area contributed by atoms with Crippen molar-refractivity contribution in [2.24, 2.45) is 10.8 Å². The molecule has 7 nitrogen and oxygen atoms in total. The zero-order valence-corrected chi connectivity index (χ0v) is 7.66. The molecule has 1 aromatic carbocycles. The fraction of sp³-hybridized carbons (Fsp3) is 0. The van der Waals surface area contributed by atoms with Crippen molar-refractivity contribution in [3.05, 3.63) is 35.9 Å². The first-order valence-electron chi connectivity index (χ1n) is 3.98. The van der Waals surface area contributed by atoms with E-state index in [-0.39, 0.29) is 0 Å². The molecule has 0 heterocycles. The Balaban J connectivity index is 2.65. The molecule has 0 aliphatic rings. The molecular formula is C8H10N4O3. The van der Waals surface area contributed by atoms with Crippen molar-refractivity contribution in [3.8, 4) is 0 Å². The third kappa shape index (κ3) is 3.63. The van der Waals surface area contributed by atoms with Gasteiger partial charge in [0.1, 0.15) is 0 Å². The summed E-state index contributed by atoms with van der Waals surface area (Å²) in [7, 11) is 0. The normalized spacial score (nSPS) is 10.9. The van der Waals surface area contributed by atoms with Gasteiger partial charge in [0.15, 0.2) is 0 Å². The molecule has 15 heavy (non-hydrogen) atoms. The van der Waals surface area contributed by atoms with Crippen LogP contribution in [0.4, 0.5) is 0 Å². The van der Waals surface area contributed by atoms with E-state index in [1.807, 2.05) is 0 Å². The Hall–Kier alpha value is -2.12. The second-order valence-electron chi connectivity index (χ2n) is 2.57. The van der Waals surface area contributed by atoms with E-state index in [1.54, 1.807) is 30.3 Å². The van der Waals surface area contributed by atoms with E-state index in [9.17, 15) is 4.79 Å². The van der Waals surface area contributed by atoms with Gasteiger partial charge in [-0.3, -0.25) is 10.1 Å². The maximum Gasteiger partial charge on any atom is 0.257 e. The van der Waals surface area contributed by atoms with Crippen LogP contribution in [0.5, 0.6) is 0 Å². The van der Waals surface area contributed by atoms with Gasteiger partial charge >= 0.3 is 0 Å². The van der Waals surface area contributed by atoms with Crippen molar-refractivity contribution >= 4 is 11.9 Å². The first kappa shape index (κ1) is 11.0. The highest BCUT2D eigenvalue weighted by atomic mass is 16.8. The van der Waals surface area contributed by atoms with Crippen molar-refractivity contribution in [2.75, 3.05) is 0 Å². The second-order valence-corrected chi connectivity index (χ2v) is 2.57. The number of nitrogens with one attached hydrogen (secondary N) is 1. The predicted octanol–water partition coefficient (Wildman–Crippen LogP) is -0.273. The minimum atomic E-state index is -0.487. The lowest BCUT2D eigenvalue weighted by molar-refractivity contribution is -0.307. The number of hydrogen-bond donors (Lipinski definition) is 4. The van der Waals surface area contributed by atoms with Crippen LogP contribution in [0, 0.1) is 0 Å². The van der Waals surface area contributed by atoms with Crippen molar-refractivity contribution in [2.45, 2.75) is 0 Å². The van der Waals surface area contributed by atoms with Gasteiger partial charge in [0.05, 0.1) is 0 Å². The number of amides is 1. The van der Waals surface area contributed by atoms with E-state index in [0.717, 1.165) is 0 Å². The van der Waals surface area contributed by atoms with Crippen LogP contribution in [0.15, 0.2) is 35.4 Å². The molecule has 0 aliphatic heterocycles. The molecule has 1 amide bonds. The maximum absolute atomic E-state index is 11.4. The van der Waals surface area contributed by atoms with Crippen molar-refractivity contribution in [1.82, 2.24) is 10.7 Å². The molecule has 5 N–H and O–H groups in total. The molecular weight excluding hydrogens is 200 g/mol. The Kier molecular flexibility index (Phi) is 3.61. The van der Waals surface area contributed by atoms with Crippen LogP contribution in [0.2, 0.25) is 0 Å². The molecule has 80 valence electrons. The average molecular weight is 210 g/mol. The number of nitrogens with zero attached hydrogens (tertiary/aromatic N) is 2. The summed E-state index contributed by atoms with van der Waals surface area (Å²) in [5, 5.41) is 21.2. The molecule has 0 saturated carbocycles. The highest BCUT2D eigenvalue weighted by Gasteiger charge is 2.05. The molecule has 0 aromatic heterocycles. The number of carbonyl (C=O) groups is 1. The van der Waals surface area contributed by atoms with Gasteiger partial charge in [-0.25, -0.2) is 10.4 Å². The van der Waals surface area contributed by atoms with Crippen LogP contribution in [-0.2, 0) is 0 Å². The summed E-state index contributed by atoms with van der Waals surface area (Å²) in [4.78, 5) is 11.4. The number of carbonyl (C=O) groups excluding carboxylic acids is 1. The molecule has 1 aromatic rings. The van der Waals surface area contributed by atoms with E-state index >= 15 is 0 Å². The lowest BCUT2D eigenvalue weighted by Gasteiger charge is -2.05. The molecule has 0 atom stereocenters. The standard InChI is InChI=1S/C8H10N4O3/c9-8(11-12(14)15)10-7(13)6-4-2-1-3-5-6/h1-5,14-15H,(H3,9,10,11,13). The molecule has 0 spiro atoms. The zero-order valence-electron chi connectivity index (χ0n) is 7.66. The van der Waals surface area contributed by atoms with Crippen LogP contribution >= 0.6 is 0 Å². The van der Waals surface area contributed by atoms with Crippen molar-refractivity contribution in [3.63, 3.8) is 0 Å². The Labute approximate surface area is 85.3 Å². The third-order valence-electron chi connectivity index (χ3n) is 1.47. The molecule has 1 rings (SSSR count). The van der Waals surface area contributed by atoms with Gasteiger partial charge in [0, 0.05) is 5.56 Å². The topological polar surface area (TPSA) is 111 Å². The van der Waals surface area contributed by atoms with Crippen LogP contribution < -0.4 is 11.1 Å². The fourth-order valence-corrected chi connectivity index (χ4v) is 0.899. The highest BCUT2D eigenvalue weighted by Crippen LogP contribution is 1.97.